The van der Waals surface area contributed by atoms with Crippen LogP contribution in [0.15, 0.2) is 53.9 Å². The summed E-state index contributed by atoms with van der Waals surface area (Å²) in [5, 5.41) is 0. The Morgan fingerprint density at radius 2 is 1.85 bits per heavy atom. The van der Waals surface area contributed by atoms with Gasteiger partial charge in [0.25, 0.3) is 0 Å². The molecular formula is C16H18N2OS. The van der Waals surface area contributed by atoms with Gasteiger partial charge in [-0.1, -0.05) is 43.0 Å². The summed E-state index contributed by atoms with van der Waals surface area (Å²) in [4.78, 5) is 0.706. The molecule has 0 saturated heterocycles. The second kappa shape index (κ2) is 6.03. The highest BCUT2D eigenvalue weighted by molar-refractivity contribution is 7.84. The average Bonchev–Trinajstić information content (AvgIpc) is 2.46. The van der Waals surface area contributed by atoms with E-state index in [9.17, 15) is 4.21 Å². The monoisotopic (exact) mass is 286 g/mol. The van der Waals surface area contributed by atoms with E-state index in [-0.39, 0.29) is 0 Å². The fourth-order valence-corrected chi connectivity index (χ4v) is 2.96. The number of nitrogens with two attached hydrogens (primary N) is 2. The molecule has 2 aromatic rings. The first-order valence-corrected chi connectivity index (χ1v) is 7.81. The van der Waals surface area contributed by atoms with Crippen molar-refractivity contribution in [3.05, 3.63) is 60.2 Å². The van der Waals surface area contributed by atoms with Gasteiger partial charge in [0.1, 0.15) is 0 Å². The maximum absolute atomic E-state index is 11.9. The molecule has 0 fully saturated rings. The predicted molar refractivity (Wildman–Crippen MR) is 85.3 cm³/mol. The fourth-order valence-electron chi connectivity index (χ4n) is 2.16. The third-order valence-corrected chi connectivity index (χ3v) is 4.12. The number of rotatable bonds is 4. The van der Waals surface area contributed by atoms with Crippen molar-refractivity contribution >= 4 is 16.5 Å². The molecular weight excluding hydrogens is 268 g/mol. The number of benzene rings is 2. The van der Waals surface area contributed by atoms with Crippen LogP contribution >= 0.6 is 0 Å². The van der Waals surface area contributed by atoms with Crippen LogP contribution in [0.5, 0.6) is 0 Å². The van der Waals surface area contributed by atoms with Crippen molar-refractivity contribution in [1.82, 2.24) is 0 Å². The Labute approximate surface area is 121 Å². The summed E-state index contributed by atoms with van der Waals surface area (Å²) in [5.74, 6) is 0. The summed E-state index contributed by atoms with van der Waals surface area (Å²) in [6, 6.07) is 13.6. The van der Waals surface area contributed by atoms with Gasteiger partial charge >= 0.3 is 0 Å². The number of hydrogen-bond acceptors (Lipinski definition) is 3. The quantitative estimate of drug-likeness (QED) is 0.907. The van der Waals surface area contributed by atoms with Gasteiger partial charge in [-0.15, -0.1) is 0 Å². The van der Waals surface area contributed by atoms with Crippen LogP contribution in [0.3, 0.4) is 0 Å². The highest BCUT2D eigenvalue weighted by atomic mass is 32.2. The van der Waals surface area contributed by atoms with Crippen LogP contribution < -0.4 is 11.5 Å². The SMILES string of the molecule is C=C(N)c1c(-c2ccc(CN)cc2)cccc1S(C)=O. The average molecular weight is 286 g/mol. The van der Waals surface area contributed by atoms with Gasteiger partial charge in [0.2, 0.25) is 0 Å². The number of hydrogen-bond donors (Lipinski definition) is 2. The van der Waals surface area contributed by atoms with Crippen molar-refractivity contribution in [1.29, 1.82) is 0 Å². The summed E-state index contributed by atoms with van der Waals surface area (Å²) >= 11 is 0. The summed E-state index contributed by atoms with van der Waals surface area (Å²) < 4.78 is 11.9. The second-order valence-electron chi connectivity index (χ2n) is 4.56. The van der Waals surface area contributed by atoms with Crippen molar-refractivity contribution in [3.8, 4) is 11.1 Å². The van der Waals surface area contributed by atoms with Crippen LogP contribution in [0, 0.1) is 0 Å². The summed E-state index contributed by atoms with van der Waals surface area (Å²) in [5.41, 5.74) is 15.7. The van der Waals surface area contributed by atoms with Crippen LogP contribution in [0.4, 0.5) is 0 Å². The topological polar surface area (TPSA) is 69.1 Å². The van der Waals surface area contributed by atoms with Gasteiger partial charge in [0, 0.05) is 29.0 Å². The minimum Gasteiger partial charge on any atom is -0.399 e. The highest BCUT2D eigenvalue weighted by Gasteiger charge is 2.13. The Balaban J connectivity index is 2.63. The van der Waals surface area contributed by atoms with Crippen LogP contribution in [-0.2, 0) is 17.3 Å². The van der Waals surface area contributed by atoms with E-state index in [4.69, 9.17) is 11.5 Å². The van der Waals surface area contributed by atoms with Crippen molar-refractivity contribution in [2.24, 2.45) is 11.5 Å². The molecule has 0 spiro atoms. The van der Waals surface area contributed by atoms with Crippen LogP contribution in [0.1, 0.15) is 11.1 Å². The molecule has 3 nitrogen and oxygen atoms in total. The highest BCUT2D eigenvalue weighted by Crippen LogP contribution is 2.31. The molecule has 0 aliphatic heterocycles. The molecule has 104 valence electrons. The second-order valence-corrected chi connectivity index (χ2v) is 5.91. The van der Waals surface area contributed by atoms with Gasteiger partial charge in [0.05, 0.1) is 10.8 Å². The van der Waals surface area contributed by atoms with Crippen LogP contribution in [-0.4, -0.2) is 10.5 Å². The predicted octanol–water partition coefficient (Wildman–Crippen LogP) is 2.48. The Kier molecular flexibility index (Phi) is 4.37. The van der Waals surface area contributed by atoms with Crippen molar-refractivity contribution < 1.29 is 4.21 Å². The fraction of sp³-hybridized carbons (Fsp3) is 0.125. The Morgan fingerprint density at radius 3 is 2.35 bits per heavy atom. The molecule has 0 aliphatic rings. The van der Waals surface area contributed by atoms with E-state index in [0.717, 1.165) is 22.3 Å². The van der Waals surface area contributed by atoms with Gasteiger partial charge in [-0.2, -0.15) is 0 Å². The molecule has 4 heteroatoms. The van der Waals surface area contributed by atoms with Crippen molar-refractivity contribution in [3.63, 3.8) is 0 Å². The molecule has 0 saturated carbocycles. The van der Waals surface area contributed by atoms with Crippen molar-refractivity contribution in [2.45, 2.75) is 11.4 Å². The molecule has 20 heavy (non-hydrogen) atoms. The molecule has 2 aromatic carbocycles. The van der Waals surface area contributed by atoms with Gasteiger partial charge in [-0.25, -0.2) is 0 Å². The maximum Gasteiger partial charge on any atom is 0.0505 e. The maximum atomic E-state index is 11.9. The van der Waals surface area contributed by atoms with Crippen molar-refractivity contribution in [2.75, 3.05) is 6.26 Å². The molecule has 0 aliphatic carbocycles. The summed E-state index contributed by atoms with van der Waals surface area (Å²) in [6.45, 7) is 4.32. The first kappa shape index (κ1) is 14.5. The van der Waals surface area contributed by atoms with Crippen LogP contribution in [0.25, 0.3) is 16.8 Å². The largest absolute Gasteiger partial charge is 0.399 e. The van der Waals surface area contributed by atoms with E-state index in [1.165, 1.54) is 0 Å². The smallest absolute Gasteiger partial charge is 0.0505 e. The van der Waals surface area contributed by atoms with Gasteiger partial charge in [-0.3, -0.25) is 4.21 Å². The summed E-state index contributed by atoms with van der Waals surface area (Å²) in [6.07, 6.45) is 1.64. The van der Waals surface area contributed by atoms with Gasteiger partial charge in [-0.05, 0) is 22.8 Å². The Hall–Kier alpha value is -1.91. The zero-order valence-electron chi connectivity index (χ0n) is 11.4. The molecule has 1 atom stereocenters. The third-order valence-electron chi connectivity index (χ3n) is 3.16. The van der Waals surface area contributed by atoms with E-state index in [1.54, 1.807) is 6.26 Å². The van der Waals surface area contributed by atoms with E-state index in [1.807, 2.05) is 42.5 Å². The molecule has 1 unspecified atom stereocenters. The molecule has 0 heterocycles. The Morgan fingerprint density at radius 1 is 1.20 bits per heavy atom. The Bertz CT molecular complexity index is 663. The molecule has 4 N–H and O–H groups in total. The van der Waals surface area contributed by atoms with E-state index in [0.29, 0.717) is 17.1 Å². The molecule has 0 bridgehead atoms. The molecule has 2 rings (SSSR count). The standard InChI is InChI=1S/C16H18N2OS/c1-11(18)16-14(4-3-5-15(16)20(2)19)13-8-6-12(10-17)7-9-13/h3-9H,1,10,17-18H2,2H3. The van der Waals surface area contributed by atoms with Crippen LogP contribution in [0.2, 0.25) is 0 Å². The lowest BCUT2D eigenvalue weighted by molar-refractivity contribution is 0.686. The zero-order chi connectivity index (χ0) is 14.7. The minimum absolute atomic E-state index is 0.425. The van der Waals surface area contributed by atoms with E-state index in [2.05, 4.69) is 6.58 Å². The lowest BCUT2D eigenvalue weighted by Crippen LogP contribution is -2.03. The van der Waals surface area contributed by atoms with E-state index < -0.39 is 10.8 Å². The zero-order valence-corrected chi connectivity index (χ0v) is 12.2. The lowest BCUT2D eigenvalue weighted by atomic mass is 9.97. The molecule has 0 aromatic heterocycles. The molecule has 0 radical (unpaired) electrons. The first-order valence-electron chi connectivity index (χ1n) is 6.25. The minimum atomic E-state index is -1.11. The summed E-state index contributed by atoms with van der Waals surface area (Å²) in [7, 11) is -1.11. The van der Waals surface area contributed by atoms with E-state index >= 15 is 0 Å². The third kappa shape index (κ3) is 2.81. The lowest BCUT2D eigenvalue weighted by Gasteiger charge is -2.13. The molecule has 0 amide bonds. The van der Waals surface area contributed by atoms with Gasteiger partial charge < -0.3 is 11.5 Å². The normalized spacial score (nSPS) is 12.1. The van der Waals surface area contributed by atoms with Gasteiger partial charge in [0.15, 0.2) is 0 Å². The first-order chi connectivity index (χ1) is 9.54.